The summed E-state index contributed by atoms with van der Waals surface area (Å²) in [6.45, 7) is 1.61. The van der Waals surface area contributed by atoms with Gasteiger partial charge in [0, 0.05) is 6.04 Å². The summed E-state index contributed by atoms with van der Waals surface area (Å²) in [5, 5.41) is 9.65. The van der Waals surface area contributed by atoms with Gasteiger partial charge in [-0.1, -0.05) is 6.07 Å². The lowest BCUT2D eigenvalue weighted by molar-refractivity contribution is -0.286. The molecule has 0 bridgehead atoms. The predicted octanol–water partition coefficient (Wildman–Crippen LogP) is 1.39. The fraction of sp³-hybridized carbons (Fsp3) is 0.400. The Morgan fingerprint density at radius 3 is 2.56 bits per heavy atom. The maximum atomic E-state index is 12.7. The van der Waals surface area contributed by atoms with E-state index in [4.69, 9.17) is 5.73 Å². The zero-order valence-electron chi connectivity index (χ0n) is 8.48. The molecule has 16 heavy (non-hydrogen) atoms. The quantitative estimate of drug-likeness (QED) is 0.807. The van der Waals surface area contributed by atoms with Crippen molar-refractivity contribution in [1.29, 1.82) is 0 Å². The first kappa shape index (κ1) is 11.1. The van der Waals surface area contributed by atoms with Crippen LogP contribution in [0.25, 0.3) is 0 Å². The smallest absolute Gasteiger partial charge is 0.395 e. The van der Waals surface area contributed by atoms with Crippen molar-refractivity contribution in [2.45, 2.75) is 25.4 Å². The third-order valence-corrected chi connectivity index (χ3v) is 2.26. The molecule has 2 rings (SSSR count). The molecule has 0 aliphatic carbocycles. The van der Waals surface area contributed by atoms with Gasteiger partial charge in [-0.2, -0.15) is 0 Å². The van der Waals surface area contributed by atoms with Gasteiger partial charge >= 0.3 is 6.29 Å². The van der Waals surface area contributed by atoms with Crippen LogP contribution in [0.3, 0.4) is 0 Å². The maximum absolute atomic E-state index is 12.7. The number of halogens is 2. The fourth-order valence-corrected chi connectivity index (χ4v) is 1.45. The topological polar surface area (TPSA) is 64.7 Å². The van der Waals surface area contributed by atoms with E-state index in [0.29, 0.717) is 5.56 Å². The first-order valence-corrected chi connectivity index (χ1v) is 4.72. The Bertz CT molecular complexity index is 409. The van der Waals surface area contributed by atoms with Crippen molar-refractivity contribution in [3.05, 3.63) is 23.8 Å². The van der Waals surface area contributed by atoms with Crippen molar-refractivity contribution in [3.8, 4) is 11.5 Å². The molecule has 4 nitrogen and oxygen atoms in total. The van der Waals surface area contributed by atoms with E-state index in [2.05, 4.69) is 9.47 Å². The van der Waals surface area contributed by atoms with Crippen LogP contribution >= 0.6 is 0 Å². The average molecular weight is 231 g/mol. The van der Waals surface area contributed by atoms with Crippen LogP contribution in [0.2, 0.25) is 0 Å². The summed E-state index contributed by atoms with van der Waals surface area (Å²) in [5.74, 6) is -0.146. The van der Waals surface area contributed by atoms with E-state index in [0.717, 1.165) is 0 Å². The van der Waals surface area contributed by atoms with Crippen LogP contribution in [0.5, 0.6) is 11.5 Å². The molecule has 0 amide bonds. The van der Waals surface area contributed by atoms with E-state index in [1.807, 2.05) is 0 Å². The van der Waals surface area contributed by atoms with Crippen molar-refractivity contribution in [1.82, 2.24) is 0 Å². The Morgan fingerprint density at radius 2 is 1.94 bits per heavy atom. The molecule has 0 radical (unpaired) electrons. The van der Waals surface area contributed by atoms with Crippen LogP contribution in [0.4, 0.5) is 8.78 Å². The molecule has 0 spiro atoms. The van der Waals surface area contributed by atoms with Crippen molar-refractivity contribution in [2.75, 3.05) is 0 Å². The minimum atomic E-state index is -3.64. The van der Waals surface area contributed by atoms with Gasteiger partial charge in [0.25, 0.3) is 0 Å². The summed E-state index contributed by atoms with van der Waals surface area (Å²) in [7, 11) is 0. The van der Waals surface area contributed by atoms with E-state index in [1.165, 1.54) is 18.2 Å². The number of hydrogen-bond acceptors (Lipinski definition) is 4. The van der Waals surface area contributed by atoms with Crippen molar-refractivity contribution in [2.24, 2.45) is 5.73 Å². The van der Waals surface area contributed by atoms with Crippen LogP contribution in [0.15, 0.2) is 18.2 Å². The molecule has 1 aliphatic rings. The summed E-state index contributed by atoms with van der Waals surface area (Å²) in [6.07, 6.45) is -4.57. The number of aliphatic hydroxyl groups is 1. The van der Waals surface area contributed by atoms with Crippen LogP contribution in [0.1, 0.15) is 18.6 Å². The Morgan fingerprint density at radius 1 is 1.31 bits per heavy atom. The lowest BCUT2D eigenvalue weighted by atomic mass is 10.0. The molecule has 1 heterocycles. The number of benzene rings is 1. The number of hydrogen-bond donors (Lipinski definition) is 2. The van der Waals surface area contributed by atoms with Crippen LogP contribution in [-0.2, 0) is 0 Å². The number of alkyl halides is 2. The number of rotatable bonds is 2. The minimum absolute atomic E-state index is 0.0503. The highest BCUT2D eigenvalue weighted by Crippen LogP contribution is 2.42. The first-order valence-electron chi connectivity index (χ1n) is 4.72. The van der Waals surface area contributed by atoms with E-state index in [9.17, 15) is 13.9 Å². The van der Waals surface area contributed by atoms with Gasteiger partial charge in [-0.15, -0.1) is 8.78 Å². The van der Waals surface area contributed by atoms with Crippen LogP contribution in [-0.4, -0.2) is 17.4 Å². The van der Waals surface area contributed by atoms with Gasteiger partial charge in [-0.05, 0) is 24.6 Å². The van der Waals surface area contributed by atoms with Crippen molar-refractivity contribution < 1.29 is 23.4 Å². The molecule has 1 aromatic rings. The summed E-state index contributed by atoms with van der Waals surface area (Å²) >= 11 is 0. The standard InChI is InChI=1S/C10H11F2NO3/c1-5(13)9(14)6-2-3-7-8(4-6)16-10(11,12)15-7/h2-5,9,14H,13H2,1H3/t5-,9-/m0/s1. The fourth-order valence-electron chi connectivity index (χ4n) is 1.45. The number of ether oxygens (including phenoxy) is 2. The van der Waals surface area contributed by atoms with Crippen molar-refractivity contribution in [3.63, 3.8) is 0 Å². The lowest BCUT2D eigenvalue weighted by Gasteiger charge is -2.14. The molecule has 2 atom stereocenters. The number of aliphatic hydroxyl groups excluding tert-OH is 1. The zero-order valence-corrected chi connectivity index (χ0v) is 8.48. The summed E-state index contributed by atoms with van der Waals surface area (Å²) in [4.78, 5) is 0. The molecule has 0 unspecified atom stereocenters. The maximum Gasteiger partial charge on any atom is 0.586 e. The van der Waals surface area contributed by atoms with E-state index in [1.54, 1.807) is 6.92 Å². The van der Waals surface area contributed by atoms with E-state index in [-0.39, 0.29) is 11.5 Å². The molecular weight excluding hydrogens is 220 g/mol. The molecule has 0 saturated carbocycles. The molecule has 1 aliphatic heterocycles. The third kappa shape index (κ3) is 1.94. The molecular formula is C10H11F2NO3. The monoisotopic (exact) mass is 231 g/mol. The second kappa shape index (κ2) is 3.57. The summed E-state index contributed by atoms with van der Waals surface area (Å²) in [5.41, 5.74) is 5.91. The summed E-state index contributed by atoms with van der Waals surface area (Å²) in [6, 6.07) is 3.58. The van der Waals surface area contributed by atoms with Gasteiger partial charge < -0.3 is 20.3 Å². The van der Waals surface area contributed by atoms with Crippen molar-refractivity contribution >= 4 is 0 Å². The SMILES string of the molecule is C[C@H](N)[C@H](O)c1ccc2c(c1)OC(F)(F)O2. The number of nitrogens with two attached hydrogens (primary N) is 1. The molecule has 6 heteroatoms. The predicted molar refractivity (Wildman–Crippen MR) is 51.3 cm³/mol. The van der Waals surface area contributed by atoms with E-state index >= 15 is 0 Å². The molecule has 0 saturated heterocycles. The normalized spacial score (nSPS) is 20.6. The van der Waals surface area contributed by atoms with Gasteiger partial charge in [-0.25, -0.2) is 0 Å². The molecule has 0 fully saturated rings. The highest BCUT2D eigenvalue weighted by Gasteiger charge is 2.43. The zero-order chi connectivity index (χ0) is 11.9. The second-order valence-electron chi connectivity index (χ2n) is 3.68. The van der Waals surface area contributed by atoms with Gasteiger partial charge in [0.2, 0.25) is 0 Å². The van der Waals surface area contributed by atoms with Gasteiger partial charge in [-0.3, -0.25) is 0 Å². The molecule has 1 aromatic carbocycles. The average Bonchev–Trinajstić information content (AvgIpc) is 2.48. The van der Waals surface area contributed by atoms with Gasteiger partial charge in [0.1, 0.15) is 0 Å². The Balaban J connectivity index is 2.29. The Labute approximate surface area is 90.6 Å². The summed E-state index contributed by atoms with van der Waals surface area (Å²) < 4.78 is 33.9. The third-order valence-electron chi connectivity index (χ3n) is 2.26. The second-order valence-corrected chi connectivity index (χ2v) is 3.68. The lowest BCUT2D eigenvalue weighted by Crippen LogP contribution is -2.26. The van der Waals surface area contributed by atoms with E-state index < -0.39 is 18.4 Å². The Hall–Kier alpha value is -1.40. The first-order chi connectivity index (χ1) is 7.39. The highest BCUT2D eigenvalue weighted by atomic mass is 19.3. The molecule has 0 aromatic heterocycles. The highest BCUT2D eigenvalue weighted by molar-refractivity contribution is 5.45. The molecule has 88 valence electrons. The largest absolute Gasteiger partial charge is 0.586 e. The van der Waals surface area contributed by atoms with Gasteiger partial charge in [0.05, 0.1) is 6.10 Å². The van der Waals surface area contributed by atoms with Gasteiger partial charge in [0.15, 0.2) is 11.5 Å². The Kier molecular flexibility index (Phi) is 2.47. The minimum Gasteiger partial charge on any atom is -0.395 e. The number of fused-ring (bicyclic) bond motifs is 1. The van der Waals surface area contributed by atoms with Crippen LogP contribution < -0.4 is 15.2 Å². The van der Waals surface area contributed by atoms with Crippen LogP contribution in [0, 0.1) is 0 Å². The molecule has 3 N–H and O–H groups in total.